The molecule has 0 aliphatic carbocycles. The number of aliphatic imine (C=N–C) groups is 1. The summed E-state index contributed by atoms with van der Waals surface area (Å²) in [5.74, 6) is 2.44. The SMILES string of the molecule is CCNC(=NCc1ccc(C)cc1OCCOC)NCc1ncc(C)c(OC)c1C.I. The van der Waals surface area contributed by atoms with Crippen LogP contribution in [0.15, 0.2) is 29.4 Å². The Labute approximate surface area is 203 Å². The maximum Gasteiger partial charge on any atom is 0.191 e. The highest BCUT2D eigenvalue weighted by Gasteiger charge is 2.10. The predicted molar refractivity (Wildman–Crippen MR) is 136 cm³/mol. The van der Waals surface area contributed by atoms with Gasteiger partial charge in [-0.05, 0) is 39.3 Å². The minimum Gasteiger partial charge on any atom is -0.496 e. The third-order valence-electron chi connectivity index (χ3n) is 4.69. The minimum absolute atomic E-state index is 0. The molecule has 0 amide bonds. The number of guanidine groups is 1. The molecule has 1 aromatic heterocycles. The second-order valence-electron chi connectivity index (χ2n) is 7.05. The van der Waals surface area contributed by atoms with E-state index >= 15 is 0 Å². The lowest BCUT2D eigenvalue weighted by Crippen LogP contribution is -2.37. The van der Waals surface area contributed by atoms with Crippen molar-refractivity contribution >= 4 is 29.9 Å². The number of benzene rings is 1. The van der Waals surface area contributed by atoms with E-state index in [1.165, 1.54) is 0 Å². The molecule has 0 fully saturated rings. The summed E-state index contributed by atoms with van der Waals surface area (Å²) < 4.78 is 16.5. The maximum absolute atomic E-state index is 5.87. The van der Waals surface area contributed by atoms with E-state index in [1.54, 1.807) is 14.2 Å². The molecule has 8 heteroatoms. The fraction of sp³-hybridized carbons (Fsp3) is 0.478. The van der Waals surface area contributed by atoms with Gasteiger partial charge in [-0.1, -0.05) is 12.1 Å². The first-order valence-corrected chi connectivity index (χ1v) is 10.2. The first-order valence-electron chi connectivity index (χ1n) is 10.2. The van der Waals surface area contributed by atoms with Gasteiger partial charge in [0.1, 0.15) is 18.1 Å². The molecule has 0 atom stereocenters. The van der Waals surface area contributed by atoms with Gasteiger partial charge in [0.15, 0.2) is 5.96 Å². The number of halogens is 1. The molecule has 0 spiro atoms. The number of aromatic nitrogens is 1. The average molecular weight is 542 g/mol. The van der Waals surface area contributed by atoms with Crippen LogP contribution >= 0.6 is 24.0 Å². The highest BCUT2D eigenvalue weighted by Crippen LogP contribution is 2.24. The van der Waals surface area contributed by atoms with Crippen LogP contribution in [0.2, 0.25) is 0 Å². The summed E-state index contributed by atoms with van der Waals surface area (Å²) in [7, 11) is 3.35. The van der Waals surface area contributed by atoms with E-state index in [9.17, 15) is 0 Å². The van der Waals surface area contributed by atoms with Gasteiger partial charge in [0.2, 0.25) is 0 Å². The van der Waals surface area contributed by atoms with Gasteiger partial charge < -0.3 is 24.8 Å². The van der Waals surface area contributed by atoms with Gasteiger partial charge in [-0.15, -0.1) is 24.0 Å². The zero-order chi connectivity index (χ0) is 21.9. The quantitative estimate of drug-likeness (QED) is 0.205. The summed E-state index contributed by atoms with van der Waals surface area (Å²) in [6.45, 7) is 11.0. The van der Waals surface area contributed by atoms with Crippen molar-refractivity contribution in [2.24, 2.45) is 4.99 Å². The van der Waals surface area contributed by atoms with Crippen molar-refractivity contribution in [3.05, 3.63) is 52.3 Å². The summed E-state index contributed by atoms with van der Waals surface area (Å²) in [5.41, 5.74) is 5.17. The smallest absolute Gasteiger partial charge is 0.191 e. The molecule has 31 heavy (non-hydrogen) atoms. The molecular formula is C23H35IN4O3. The largest absolute Gasteiger partial charge is 0.496 e. The topological polar surface area (TPSA) is 77.0 Å². The summed E-state index contributed by atoms with van der Waals surface area (Å²) in [5, 5.41) is 6.65. The normalized spacial score (nSPS) is 11.0. The number of hydrogen-bond acceptors (Lipinski definition) is 5. The van der Waals surface area contributed by atoms with Gasteiger partial charge in [-0.25, -0.2) is 4.99 Å². The fourth-order valence-electron chi connectivity index (χ4n) is 3.08. The minimum atomic E-state index is 0. The number of aryl methyl sites for hydroxylation is 2. The Bertz CT molecular complexity index is 859. The number of ether oxygens (including phenoxy) is 3. The zero-order valence-electron chi connectivity index (χ0n) is 19.4. The van der Waals surface area contributed by atoms with E-state index in [4.69, 9.17) is 19.2 Å². The predicted octanol–water partition coefficient (Wildman–Crippen LogP) is 3.91. The molecule has 0 saturated heterocycles. The van der Waals surface area contributed by atoms with E-state index in [1.807, 2.05) is 40.0 Å². The standard InChI is InChI=1S/C23H34N4O3.HI/c1-7-24-23(27-15-20-18(4)22(29-6)17(3)13-25-20)26-14-19-9-8-16(2)12-21(19)30-11-10-28-5;/h8-9,12-13H,7,10-11,14-15H2,1-6H3,(H2,24,26,27);1H. The number of nitrogens with one attached hydrogen (secondary N) is 2. The Kier molecular flexibility index (Phi) is 12.2. The van der Waals surface area contributed by atoms with E-state index < -0.39 is 0 Å². The maximum atomic E-state index is 5.87. The summed E-state index contributed by atoms with van der Waals surface area (Å²) >= 11 is 0. The van der Waals surface area contributed by atoms with Crippen LogP contribution in [0.25, 0.3) is 0 Å². The van der Waals surface area contributed by atoms with Crippen LogP contribution in [0.5, 0.6) is 11.5 Å². The van der Waals surface area contributed by atoms with Crippen LogP contribution in [0, 0.1) is 20.8 Å². The molecule has 1 heterocycles. The monoisotopic (exact) mass is 542 g/mol. The molecule has 0 saturated carbocycles. The van der Waals surface area contributed by atoms with Crippen LogP contribution in [-0.2, 0) is 17.8 Å². The molecule has 172 valence electrons. The van der Waals surface area contributed by atoms with Gasteiger partial charge in [0.05, 0.1) is 32.5 Å². The van der Waals surface area contributed by atoms with Crippen LogP contribution in [0.1, 0.15) is 34.9 Å². The molecule has 2 N–H and O–H groups in total. The lowest BCUT2D eigenvalue weighted by molar-refractivity contribution is 0.145. The van der Waals surface area contributed by atoms with Crippen LogP contribution < -0.4 is 20.1 Å². The molecule has 2 aromatic rings. The molecule has 0 aliphatic rings. The summed E-state index contributed by atoms with van der Waals surface area (Å²) in [6, 6.07) is 6.16. The Morgan fingerprint density at radius 2 is 1.87 bits per heavy atom. The zero-order valence-corrected chi connectivity index (χ0v) is 21.7. The van der Waals surface area contributed by atoms with Crippen molar-refractivity contribution in [3.8, 4) is 11.5 Å². The van der Waals surface area contributed by atoms with Crippen molar-refractivity contribution in [2.45, 2.75) is 40.8 Å². The van der Waals surface area contributed by atoms with Crippen molar-refractivity contribution < 1.29 is 14.2 Å². The highest BCUT2D eigenvalue weighted by molar-refractivity contribution is 14.0. The fourth-order valence-corrected chi connectivity index (χ4v) is 3.08. The third kappa shape index (κ3) is 8.17. The van der Waals surface area contributed by atoms with Crippen LogP contribution in [0.4, 0.5) is 0 Å². The van der Waals surface area contributed by atoms with E-state index in [2.05, 4.69) is 27.8 Å². The molecule has 0 unspecified atom stereocenters. The number of methoxy groups -OCH3 is 2. The lowest BCUT2D eigenvalue weighted by atomic mass is 10.1. The first kappa shape index (κ1) is 27.0. The van der Waals surface area contributed by atoms with Crippen LogP contribution in [-0.4, -0.2) is 44.9 Å². The van der Waals surface area contributed by atoms with Gasteiger partial charge in [0.25, 0.3) is 0 Å². The summed E-state index contributed by atoms with van der Waals surface area (Å²) in [4.78, 5) is 9.28. The second-order valence-corrected chi connectivity index (χ2v) is 7.05. The second kappa shape index (κ2) is 14.1. The number of hydrogen-bond donors (Lipinski definition) is 2. The Hall–Kier alpha value is -2.07. The molecule has 0 radical (unpaired) electrons. The van der Waals surface area contributed by atoms with Crippen molar-refractivity contribution in [1.82, 2.24) is 15.6 Å². The van der Waals surface area contributed by atoms with Crippen molar-refractivity contribution in [1.29, 1.82) is 0 Å². The number of pyridine rings is 1. The van der Waals surface area contributed by atoms with E-state index in [-0.39, 0.29) is 24.0 Å². The van der Waals surface area contributed by atoms with Crippen molar-refractivity contribution in [2.75, 3.05) is 34.0 Å². The van der Waals surface area contributed by atoms with Crippen LogP contribution in [0.3, 0.4) is 0 Å². The number of rotatable bonds is 10. The Morgan fingerprint density at radius 1 is 1.10 bits per heavy atom. The van der Waals surface area contributed by atoms with E-state index in [0.717, 1.165) is 52.0 Å². The highest BCUT2D eigenvalue weighted by atomic mass is 127. The van der Waals surface area contributed by atoms with Gasteiger partial charge in [-0.2, -0.15) is 0 Å². The molecule has 0 bridgehead atoms. The first-order chi connectivity index (χ1) is 14.5. The average Bonchev–Trinajstić information content (AvgIpc) is 2.73. The molecular weight excluding hydrogens is 507 g/mol. The molecule has 7 nitrogen and oxygen atoms in total. The molecule has 1 aromatic carbocycles. The van der Waals surface area contributed by atoms with Crippen molar-refractivity contribution in [3.63, 3.8) is 0 Å². The lowest BCUT2D eigenvalue weighted by Gasteiger charge is -2.15. The third-order valence-corrected chi connectivity index (χ3v) is 4.69. The summed E-state index contributed by atoms with van der Waals surface area (Å²) in [6.07, 6.45) is 1.84. The van der Waals surface area contributed by atoms with Gasteiger partial charge >= 0.3 is 0 Å². The molecule has 0 aliphatic heterocycles. The molecule has 2 rings (SSSR count). The Morgan fingerprint density at radius 3 is 2.55 bits per heavy atom. The number of nitrogens with zero attached hydrogens (tertiary/aromatic N) is 2. The Balaban J connectivity index is 0.00000480. The van der Waals surface area contributed by atoms with E-state index in [0.29, 0.717) is 26.3 Å². The van der Waals surface area contributed by atoms with Gasteiger partial charge in [-0.3, -0.25) is 4.98 Å². The van der Waals surface area contributed by atoms with Gasteiger partial charge in [0, 0.05) is 36.5 Å².